The Morgan fingerprint density at radius 2 is 1.61 bits per heavy atom. The van der Waals surface area contributed by atoms with Gasteiger partial charge in [-0.25, -0.2) is 0 Å². The van der Waals surface area contributed by atoms with Gasteiger partial charge in [0.25, 0.3) is 0 Å². The van der Waals surface area contributed by atoms with Crippen LogP contribution in [0.4, 0.5) is 0 Å². The van der Waals surface area contributed by atoms with Crippen molar-refractivity contribution in [3.8, 4) is 16.9 Å². The Morgan fingerprint density at radius 1 is 0.970 bits per heavy atom. The van der Waals surface area contributed by atoms with Crippen LogP contribution in [0.1, 0.15) is 25.0 Å². The number of carboxylic acids is 1. The number of carboxylic acid groups (broad SMARTS) is 1. The number of allylic oxidation sites excluding steroid dienone is 1. The van der Waals surface area contributed by atoms with Crippen molar-refractivity contribution in [1.29, 1.82) is 0 Å². The number of rotatable bonds is 10. The molecule has 0 aromatic heterocycles. The molecule has 0 saturated heterocycles. The molecule has 0 radical (unpaired) electrons. The molecule has 0 bridgehead atoms. The van der Waals surface area contributed by atoms with Gasteiger partial charge in [0.05, 0.1) is 5.97 Å². The van der Waals surface area contributed by atoms with Gasteiger partial charge in [0.15, 0.2) is 0 Å². The number of hydrogen-bond acceptors (Lipinski definition) is 4. The summed E-state index contributed by atoms with van der Waals surface area (Å²) in [6.07, 6.45) is 1.32. The molecule has 3 aromatic carbocycles. The third-order valence-corrected chi connectivity index (χ3v) is 5.59. The van der Waals surface area contributed by atoms with E-state index in [2.05, 4.69) is 12.1 Å². The van der Waals surface area contributed by atoms with Gasteiger partial charge in [-0.05, 0) is 78.1 Å². The van der Waals surface area contributed by atoms with E-state index in [-0.39, 0.29) is 6.42 Å². The van der Waals surface area contributed by atoms with Crippen LogP contribution in [0.15, 0.2) is 72.8 Å². The Bertz CT molecular complexity index is 1090. The zero-order chi connectivity index (χ0) is 23.8. The van der Waals surface area contributed by atoms with Crippen LogP contribution < -0.4 is 9.84 Å². The SMILES string of the molecule is CCO[C@@H](Cc1ccc(OC/C=C(\C)c2ccc(-c3cc(Cl)cc(Cl)c3)cc2)cc1)C(=O)[O-]. The molecule has 6 heteroatoms. The summed E-state index contributed by atoms with van der Waals surface area (Å²) >= 11 is 12.2. The molecule has 0 spiro atoms. The van der Waals surface area contributed by atoms with E-state index in [0.717, 1.165) is 27.8 Å². The second-order valence-corrected chi connectivity index (χ2v) is 8.42. The molecular formula is C27H25Cl2O4-. The molecule has 33 heavy (non-hydrogen) atoms. The van der Waals surface area contributed by atoms with Crippen LogP contribution in [0.5, 0.6) is 5.75 Å². The minimum absolute atomic E-state index is 0.257. The number of carbonyl (C=O) groups excluding carboxylic acids is 1. The first-order valence-electron chi connectivity index (χ1n) is 10.6. The second-order valence-electron chi connectivity index (χ2n) is 7.54. The lowest BCUT2D eigenvalue weighted by atomic mass is 10.0. The van der Waals surface area contributed by atoms with Crippen LogP contribution >= 0.6 is 23.2 Å². The number of ether oxygens (including phenoxy) is 2. The van der Waals surface area contributed by atoms with E-state index in [1.54, 1.807) is 13.0 Å². The fraction of sp³-hybridized carbons (Fsp3) is 0.222. The maximum Gasteiger partial charge on any atom is 0.119 e. The first kappa shape index (κ1) is 24.8. The lowest BCUT2D eigenvalue weighted by Gasteiger charge is -2.18. The van der Waals surface area contributed by atoms with Crippen molar-refractivity contribution in [2.45, 2.75) is 26.4 Å². The average molecular weight is 484 g/mol. The van der Waals surface area contributed by atoms with Gasteiger partial charge in [0.1, 0.15) is 18.5 Å². The van der Waals surface area contributed by atoms with Gasteiger partial charge in [-0.1, -0.05) is 59.6 Å². The molecule has 172 valence electrons. The molecular weight excluding hydrogens is 459 g/mol. The van der Waals surface area contributed by atoms with Gasteiger partial charge in [0.2, 0.25) is 0 Å². The average Bonchev–Trinajstić information content (AvgIpc) is 2.79. The third-order valence-electron chi connectivity index (χ3n) is 5.15. The lowest BCUT2D eigenvalue weighted by molar-refractivity contribution is -0.316. The van der Waals surface area contributed by atoms with Crippen molar-refractivity contribution < 1.29 is 19.4 Å². The lowest BCUT2D eigenvalue weighted by Crippen LogP contribution is -2.39. The van der Waals surface area contributed by atoms with Crippen molar-refractivity contribution in [2.24, 2.45) is 0 Å². The third kappa shape index (κ3) is 7.36. The molecule has 0 unspecified atom stereocenters. The number of halogens is 2. The summed E-state index contributed by atoms with van der Waals surface area (Å²) in [5.74, 6) is -0.500. The van der Waals surface area contributed by atoms with Gasteiger partial charge in [-0.15, -0.1) is 0 Å². The van der Waals surface area contributed by atoms with Crippen LogP contribution in [0.2, 0.25) is 10.0 Å². The van der Waals surface area contributed by atoms with E-state index in [4.69, 9.17) is 32.7 Å². The monoisotopic (exact) mass is 483 g/mol. The quantitative estimate of drug-likeness (QED) is 0.363. The highest BCUT2D eigenvalue weighted by Gasteiger charge is 2.10. The Kier molecular flexibility index (Phi) is 8.95. The summed E-state index contributed by atoms with van der Waals surface area (Å²) in [5, 5.41) is 12.3. The molecule has 0 aliphatic carbocycles. The summed E-state index contributed by atoms with van der Waals surface area (Å²) in [6, 6.07) is 21.0. The van der Waals surface area contributed by atoms with Crippen LogP contribution in [-0.4, -0.2) is 25.3 Å². The van der Waals surface area contributed by atoms with E-state index in [0.29, 0.717) is 29.0 Å². The van der Waals surface area contributed by atoms with Gasteiger partial charge in [-0.3, -0.25) is 0 Å². The summed E-state index contributed by atoms with van der Waals surface area (Å²) in [6.45, 7) is 4.53. The number of benzene rings is 3. The minimum atomic E-state index is -1.21. The van der Waals surface area contributed by atoms with E-state index in [1.807, 2.05) is 61.5 Å². The van der Waals surface area contributed by atoms with Crippen molar-refractivity contribution in [3.05, 3.63) is 94.0 Å². The van der Waals surface area contributed by atoms with Crippen LogP contribution in [0.3, 0.4) is 0 Å². The standard InChI is InChI=1S/C27H26Cl2O4/c1-3-32-26(27(30)31)14-19-4-10-25(11-5-19)33-13-12-18(2)20-6-8-21(9-7-20)22-15-23(28)17-24(29)16-22/h4-12,15-17,26H,3,13-14H2,1-2H3,(H,30,31)/p-1/b18-12+/t26-/m0/s1. The molecule has 4 nitrogen and oxygen atoms in total. The molecule has 0 aliphatic rings. The van der Waals surface area contributed by atoms with Gasteiger partial charge in [-0.2, -0.15) is 0 Å². The van der Waals surface area contributed by atoms with Gasteiger partial charge in [0, 0.05) is 23.1 Å². The van der Waals surface area contributed by atoms with E-state index in [1.165, 1.54) is 0 Å². The maximum atomic E-state index is 11.1. The highest BCUT2D eigenvalue weighted by Crippen LogP contribution is 2.28. The Morgan fingerprint density at radius 3 is 2.18 bits per heavy atom. The van der Waals surface area contributed by atoms with Gasteiger partial charge < -0.3 is 19.4 Å². The molecule has 0 N–H and O–H groups in total. The number of hydrogen-bond donors (Lipinski definition) is 0. The van der Waals surface area contributed by atoms with Crippen molar-refractivity contribution >= 4 is 34.7 Å². The minimum Gasteiger partial charge on any atom is -0.547 e. The van der Waals surface area contributed by atoms with Crippen molar-refractivity contribution in [3.63, 3.8) is 0 Å². The smallest absolute Gasteiger partial charge is 0.119 e. The van der Waals surface area contributed by atoms with Crippen LogP contribution in [0.25, 0.3) is 16.7 Å². The molecule has 0 saturated carbocycles. The van der Waals surface area contributed by atoms with E-state index >= 15 is 0 Å². The molecule has 3 rings (SSSR count). The Hall–Kier alpha value is -2.79. The molecule has 3 aromatic rings. The van der Waals surface area contributed by atoms with Crippen LogP contribution in [0, 0.1) is 0 Å². The fourth-order valence-electron chi connectivity index (χ4n) is 3.37. The highest BCUT2D eigenvalue weighted by atomic mass is 35.5. The molecule has 0 amide bonds. The second kappa shape index (κ2) is 11.9. The zero-order valence-electron chi connectivity index (χ0n) is 18.5. The number of aliphatic carboxylic acids is 1. The topological polar surface area (TPSA) is 58.6 Å². The van der Waals surface area contributed by atoms with Gasteiger partial charge >= 0.3 is 0 Å². The summed E-state index contributed by atoms with van der Waals surface area (Å²) in [4.78, 5) is 11.1. The van der Waals surface area contributed by atoms with Crippen molar-refractivity contribution in [2.75, 3.05) is 13.2 Å². The normalized spacial score (nSPS) is 12.4. The molecule has 0 heterocycles. The predicted molar refractivity (Wildman–Crippen MR) is 132 cm³/mol. The van der Waals surface area contributed by atoms with Crippen molar-refractivity contribution in [1.82, 2.24) is 0 Å². The highest BCUT2D eigenvalue weighted by molar-refractivity contribution is 6.35. The number of carbonyl (C=O) groups is 1. The van der Waals surface area contributed by atoms with E-state index < -0.39 is 12.1 Å². The molecule has 0 aliphatic heterocycles. The zero-order valence-corrected chi connectivity index (χ0v) is 20.0. The molecule has 1 atom stereocenters. The Labute approximate surface area is 204 Å². The summed E-state index contributed by atoms with van der Waals surface area (Å²) < 4.78 is 11.0. The first-order chi connectivity index (χ1) is 15.9. The Balaban J connectivity index is 1.57. The fourth-order valence-corrected chi connectivity index (χ4v) is 3.90. The maximum absolute atomic E-state index is 11.1. The largest absolute Gasteiger partial charge is 0.547 e. The van der Waals surface area contributed by atoms with E-state index in [9.17, 15) is 9.90 Å². The summed E-state index contributed by atoms with van der Waals surface area (Å²) in [5.41, 5.74) is 5.04. The molecule has 0 fully saturated rings. The first-order valence-corrected chi connectivity index (χ1v) is 11.4. The van der Waals surface area contributed by atoms with Crippen LogP contribution in [-0.2, 0) is 16.0 Å². The predicted octanol–water partition coefficient (Wildman–Crippen LogP) is 5.84. The summed E-state index contributed by atoms with van der Waals surface area (Å²) in [7, 11) is 0.